The lowest BCUT2D eigenvalue weighted by Gasteiger charge is -2.26. The molecule has 13 nitrogen and oxygen atoms in total. The number of rotatable bonds is 18. The molecule has 0 aliphatic heterocycles. The number of guanidine groups is 1. The minimum atomic E-state index is -1.32. The van der Waals surface area contributed by atoms with E-state index in [1.165, 1.54) is 12.1 Å². The van der Waals surface area contributed by atoms with E-state index in [0.29, 0.717) is 24.0 Å². The Hall–Kier alpha value is -4.65. The van der Waals surface area contributed by atoms with Crippen LogP contribution in [0.4, 0.5) is 0 Å². The number of benzene rings is 2. The number of carboxylic acid groups (broad SMARTS) is 1. The number of carboxylic acids is 1. The van der Waals surface area contributed by atoms with Gasteiger partial charge in [-0.25, -0.2) is 4.79 Å². The fraction of sp³-hybridized carbons (Fsp3) is 0.452. The molecule has 13 heteroatoms. The minimum absolute atomic E-state index is 0.0348. The number of nitrogens with two attached hydrogens (primary N) is 2. The van der Waals surface area contributed by atoms with Crippen LogP contribution in [0.2, 0.25) is 0 Å². The van der Waals surface area contributed by atoms with Crippen LogP contribution in [-0.4, -0.2) is 70.6 Å². The van der Waals surface area contributed by atoms with Crippen molar-refractivity contribution in [2.45, 2.75) is 83.0 Å². The van der Waals surface area contributed by atoms with E-state index in [1.807, 2.05) is 25.1 Å². The van der Waals surface area contributed by atoms with Crippen molar-refractivity contribution in [1.82, 2.24) is 21.3 Å². The second kappa shape index (κ2) is 18.1. The molecule has 0 spiro atoms. The maximum atomic E-state index is 13.6. The third kappa shape index (κ3) is 12.3. The molecule has 4 unspecified atom stereocenters. The van der Waals surface area contributed by atoms with E-state index in [4.69, 9.17) is 16.9 Å². The summed E-state index contributed by atoms with van der Waals surface area (Å²) in [6, 6.07) is 9.22. The smallest absolute Gasteiger partial charge is 0.326 e. The van der Waals surface area contributed by atoms with Gasteiger partial charge in [-0.05, 0) is 55.0 Å². The van der Waals surface area contributed by atoms with Crippen LogP contribution >= 0.6 is 0 Å². The SMILES string of the molecule is CCCCC(N)C(=O)NC(Cc1ccccc1)C(=O)NC(CCCNC(=N)N)C(=O)NC(Cc1ccc(O)cc1C)C(=O)O. The van der Waals surface area contributed by atoms with E-state index in [0.717, 1.165) is 18.4 Å². The summed E-state index contributed by atoms with van der Waals surface area (Å²) in [4.78, 5) is 52.0. The van der Waals surface area contributed by atoms with Crippen LogP contribution in [0.5, 0.6) is 5.75 Å². The summed E-state index contributed by atoms with van der Waals surface area (Å²) in [5, 5.41) is 37.5. The average molecular weight is 612 g/mol. The van der Waals surface area contributed by atoms with Gasteiger partial charge in [-0.1, -0.05) is 56.2 Å². The van der Waals surface area contributed by atoms with E-state index >= 15 is 0 Å². The number of carbonyl (C=O) groups is 4. The van der Waals surface area contributed by atoms with Crippen molar-refractivity contribution in [2.24, 2.45) is 11.5 Å². The molecule has 2 aromatic rings. The largest absolute Gasteiger partial charge is 0.508 e. The maximum Gasteiger partial charge on any atom is 0.326 e. The second-order valence-electron chi connectivity index (χ2n) is 10.8. The van der Waals surface area contributed by atoms with Gasteiger partial charge >= 0.3 is 5.97 Å². The van der Waals surface area contributed by atoms with Crippen LogP contribution in [0.25, 0.3) is 0 Å². The van der Waals surface area contributed by atoms with Crippen molar-refractivity contribution in [1.29, 1.82) is 5.41 Å². The van der Waals surface area contributed by atoms with Crippen molar-refractivity contribution in [3.05, 3.63) is 65.2 Å². The van der Waals surface area contributed by atoms with Crippen molar-refractivity contribution in [2.75, 3.05) is 6.54 Å². The third-order valence-electron chi connectivity index (χ3n) is 7.10. The molecule has 2 rings (SSSR count). The molecule has 0 bridgehead atoms. The average Bonchev–Trinajstić information content (AvgIpc) is 2.97. The Labute approximate surface area is 257 Å². The van der Waals surface area contributed by atoms with E-state index in [-0.39, 0.29) is 37.5 Å². The molecule has 240 valence electrons. The van der Waals surface area contributed by atoms with Gasteiger partial charge in [0.1, 0.15) is 23.9 Å². The predicted molar refractivity (Wildman–Crippen MR) is 167 cm³/mol. The first-order valence-electron chi connectivity index (χ1n) is 14.7. The van der Waals surface area contributed by atoms with E-state index in [1.54, 1.807) is 25.1 Å². The molecule has 44 heavy (non-hydrogen) atoms. The van der Waals surface area contributed by atoms with Crippen LogP contribution < -0.4 is 32.7 Å². The Kier molecular flexibility index (Phi) is 14.6. The Morgan fingerprint density at radius 2 is 1.50 bits per heavy atom. The topological polar surface area (TPSA) is 233 Å². The van der Waals surface area contributed by atoms with E-state index in [9.17, 15) is 29.4 Å². The summed E-state index contributed by atoms with van der Waals surface area (Å²) in [5.74, 6) is -3.34. The number of unbranched alkanes of at least 4 members (excludes halogenated alkanes) is 1. The number of carbonyl (C=O) groups excluding carboxylic acids is 3. The van der Waals surface area contributed by atoms with Crippen LogP contribution in [0.1, 0.15) is 55.7 Å². The Balaban J connectivity index is 2.26. The zero-order chi connectivity index (χ0) is 32.6. The minimum Gasteiger partial charge on any atom is -0.508 e. The number of aliphatic carboxylic acids is 1. The highest BCUT2D eigenvalue weighted by Crippen LogP contribution is 2.17. The van der Waals surface area contributed by atoms with Gasteiger partial charge in [0.15, 0.2) is 5.96 Å². The molecule has 0 saturated carbocycles. The molecule has 0 saturated heterocycles. The van der Waals surface area contributed by atoms with Crippen LogP contribution in [0, 0.1) is 12.3 Å². The molecule has 3 amide bonds. The number of aromatic hydroxyl groups is 1. The Morgan fingerprint density at radius 3 is 2.11 bits per heavy atom. The molecule has 0 aromatic heterocycles. The van der Waals surface area contributed by atoms with Crippen molar-refractivity contribution in [3.63, 3.8) is 0 Å². The molecular formula is C31H45N7O6. The zero-order valence-corrected chi connectivity index (χ0v) is 25.3. The Bertz CT molecular complexity index is 1270. The number of hydrogen-bond donors (Lipinski definition) is 9. The molecule has 0 fully saturated rings. The van der Waals surface area contributed by atoms with Crippen molar-refractivity contribution < 1.29 is 29.4 Å². The number of hydrogen-bond acceptors (Lipinski definition) is 7. The first-order valence-corrected chi connectivity index (χ1v) is 14.7. The third-order valence-corrected chi connectivity index (χ3v) is 7.10. The van der Waals surface area contributed by atoms with Crippen molar-refractivity contribution in [3.8, 4) is 5.75 Å². The quantitative estimate of drug-likeness (QED) is 0.0658. The number of nitrogens with one attached hydrogen (secondary N) is 5. The second-order valence-corrected chi connectivity index (χ2v) is 10.8. The number of phenols is 1. The fourth-order valence-corrected chi connectivity index (χ4v) is 4.56. The predicted octanol–water partition coefficient (Wildman–Crippen LogP) is 0.806. The number of amides is 3. The first-order chi connectivity index (χ1) is 20.9. The molecule has 0 heterocycles. The summed E-state index contributed by atoms with van der Waals surface area (Å²) in [6.45, 7) is 3.94. The molecule has 0 aliphatic rings. The highest BCUT2D eigenvalue weighted by Gasteiger charge is 2.30. The normalized spacial score (nSPS) is 13.5. The van der Waals surface area contributed by atoms with Gasteiger partial charge < -0.3 is 42.9 Å². The Morgan fingerprint density at radius 1 is 0.864 bits per heavy atom. The van der Waals surface area contributed by atoms with Gasteiger partial charge in [-0.3, -0.25) is 19.8 Å². The van der Waals surface area contributed by atoms with Crippen LogP contribution in [0.3, 0.4) is 0 Å². The van der Waals surface area contributed by atoms with Crippen molar-refractivity contribution >= 4 is 29.7 Å². The van der Waals surface area contributed by atoms with E-state index < -0.39 is 47.9 Å². The zero-order valence-electron chi connectivity index (χ0n) is 25.3. The highest BCUT2D eigenvalue weighted by atomic mass is 16.4. The highest BCUT2D eigenvalue weighted by molar-refractivity contribution is 5.94. The maximum absolute atomic E-state index is 13.6. The lowest BCUT2D eigenvalue weighted by atomic mass is 10.00. The van der Waals surface area contributed by atoms with E-state index in [2.05, 4.69) is 21.3 Å². The molecule has 0 radical (unpaired) electrons. The summed E-state index contributed by atoms with van der Waals surface area (Å²) in [7, 11) is 0. The standard InChI is InChI=1S/C31H45N7O6/c1-3-4-11-23(32)27(40)37-25(17-20-9-6-5-7-10-20)29(42)36-24(12-8-15-35-31(33)34)28(41)38-26(30(43)44)18-21-13-14-22(39)16-19(21)2/h5-7,9-10,13-14,16,23-26,39H,3-4,8,11-12,15,17-18,32H2,1-2H3,(H,36,42)(H,37,40)(H,38,41)(H,43,44)(H4,33,34,35). The van der Waals surface area contributed by atoms with Gasteiger partial charge in [0.2, 0.25) is 17.7 Å². The first kappa shape index (κ1) is 35.5. The van der Waals surface area contributed by atoms with Gasteiger partial charge in [0, 0.05) is 19.4 Å². The summed E-state index contributed by atoms with van der Waals surface area (Å²) in [5.41, 5.74) is 13.5. The molecule has 0 aliphatic carbocycles. The van der Waals surface area contributed by atoms with Gasteiger partial charge in [-0.2, -0.15) is 0 Å². The van der Waals surface area contributed by atoms with Gasteiger partial charge in [0.25, 0.3) is 0 Å². The molecule has 4 atom stereocenters. The molecule has 2 aromatic carbocycles. The summed E-state index contributed by atoms with van der Waals surface area (Å²) in [6.07, 6.45) is 2.53. The monoisotopic (exact) mass is 611 g/mol. The van der Waals surface area contributed by atoms with Crippen LogP contribution in [0.15, 0.2) is 48.5 Å². The number of phenolic OH excluding ortho intramolecular Hbond substituents is 1. The summed E-state index contributed by atoms with van der Waals surface area (Å²) < 4.78 is 0. The van der Waals surface area contributed by atoms with Gasteiger partial charge in [0.05, 0.1) is 6.04 Å². The lowest BCUT2D eigenvalue weighted by Crippen LogP contribution is -2.57. The summed E-state index contributed by atoms with van der Waals surface area (Å²) >= 11 is 0. The molecular weight excluding hydrogens is 566 g/mol. The molecule has 11 N–H and O–H groups in total. The fourth-order valence-electron chi connectivity index (χ4n) is 4.56. The number of aryl methyl sites for hydroxylation is 1. The van der Waals surface area contributed by atoms with Gasteiger partial charge in [-0.15, -0.1) is 0 Å². The van der Waals surface area contributed by atoms with Crippen LogP contribution in [-0.2, 0) is 32.0 Å². The lowest BCUT2D eigenvalue weighted by molar-refractivity contribution is -0.142.